The number of aromatic nitrogens is 2. The summed E-state index contributed by atoms with van der Waals surface area (Å²) in [4.78, 5) is 27.6. The Hall–Kier alpha value is -4.40. The molecule has 0 saturated heterocycles. The lowest BCUT2D eigenvalue weighted by Gasteiger charge is -2.23. The highest BCUT2D eigenvalue weighted by Gasteiger charge is 2.31. The van der Waals surface area contributed by atoms with Gasteiger partial charge in [-0.2, -0.15) is 18.3 Å². The summed E-state index contributed by atoms with van der Waals surface area (Å²) in [6.07, 6.45) is -1.93. The van der Waals surface area contributed by atoms with E-state index in [0.29, 0.717) is 24.2 Å². The summed E-state index contributed by atoms with van der Waals surface area (Å²) < 4.78 is 40.6. The topological polar surface area (TPSA) is 67.2 Å². The van der Waals surface area contributed by atoms with Crippen LogP contribution in [0.15, 0.2) is 79.0 Å². The van der Waals surface area contributed by atoms with Crippen LogP contribution in [0.4, 0.5) is 24.5 Å². The Labute approximate surface area is 205 Å². The number of carbonyl (C=O) groups is 2. The van der Waals surface area contributed by atoms with Gasteiger partial charge >= 0.3 is 6.18 Å². The third kappa shape index (κ3) is 4.47. The van der Waals surface area contributed by atoms with Gasteiger partial charge in [-0.25, -0.2) is 0 Å². The van der Waals surface area contributed by atoms with Crippen molar-refractivity contribution in [1.82, 2.24) is 9.78 Å². The third-order valence-corrected chi connectivity index (χ3v) is 6.05. The summed E-state index contributed by atoms with van der Waals surface area (Å²) in [5.41, 5.74) is 3.34. The van der Waals surface area contributed by atoms with Crippen molar-refractivity contribution in [3.05, 3.63) is 101 Å². The van der Waals surface area contributed by atoms with E-state index in [1.807, 2.05) is 37.5 Å². The Morgan fingerprint density at radius 1 is 0.944 bits per heavy atom. The van der Waals surface area contributed by atoms with Gasteiger partial charge in [0.1, 0.15) is 0 Å². The van der Waals surface area contributed by atoms with Gasteiger partial charge in [-0.3, -0.25) is 14.3 Å². The number of carbonyl (C=O) groups excluding carboxylic acids is 2. The van der Waals surface area contributed by atoms with E-state index < -0.39 is 17.6 Å². The van der Waals surface area contributed by atoms with E-state index in [1.165, 1.54) is 12.1 Å². The fraction of sp³-hybridized carbons (Fsp3) is 0.148. The number of benzene rings is 3. The first-order valence-electron chi connectivity index (χ1n) is 11.2. The number of anilines is 2. The molecule has 0 fully saturated rings. The number of fused-ring (bicyclic) bond motifs is 3. The SMILES string of the molecule is Cn1cc2c(n1)-c1ccccc1N(C(=O)c1ccc(NC(=O)c3cccc(C(F)(F)F)c3)cc1)CC2. The number of aryl methyl sites for hydroxylation is 1. The molecule has 9 heteroatoms. The van der Waals surface area contributed by atoms with Gasteiger partial charge in [0, 0.05) is 42.2 Å². The van der Waals surface area contributed by atoms with Crippen molar-refractivity contribution in [2.24, 2.45) is 7.05 Å². The molecule has 2 heterocycles. The molecule has 0 saturated carbocycles. The van der Waals surface area contributed by atoms with Crippen LogP contribution in [-0.4, -0.2) is 28.1 Å². The lowest BCUT2D eigenvalue weighted by atomic mass is 10.1. The van der Waals surface area contributed by atoms with Gasteiger partial charge in [0.25, 0.3) is 11.8 Å². The van der Waals surface area contributed by atoms with E-state index in [0.717, 1.165) is 34.6 Å². The maximum absolute atomic E-state index is 13.4. The average Bonchev–Trinajstić information content (AvgIpc) is 3.17. The molecule has 4 aromatic rings. The lowest BCUT2D eigenvalue weighted by molar-refractivity contribution is -0.137. The zero-order chi connectivity index (χ0) is 25.4. The molecule has 0 aliphatic carbocycles. The molecular formula is C27H21F3N4O2. The number of halogens is 3. The van der Waals surface area contributed by atoms with Crippen LogP contribution in [0.3, 0.4) is 0 Å². The summed E-state index contributed by atoms with van der Waals surface area (Å²) in [7, 11) is 1.87. The summed E-state index contributed by atoms with van der Waals surface area (Å²) in [5.74, 6) is -0.875. The minimum atomic E-state index is -4.54. The number of alkyl halides is 3. The minimum absolute atomic E-state index is 0.112. The van der Waals surface area contributed by atoms with Gasteiger partial charge in [0.15, 0.2) is 0 Å². The molecule has 0 bridgehead atoms. The maximum atomic E-state index is 13.4. The van der Waals surface area contributed by atoms with Crippen LogP contribution >= 0.6 is 0 Å². The van der Waals surface area contributed by atoms with Crippen molar-refractivity contribution < 1.29 is 22.8 Å². The second-order valence-corrected chi connectivity index (χ2v) is 8.51. The van der Waals surface area contributed by atoms with Crippen LogP contribution in [0, 0.1) is 0 Å². The molecule has 1 aliphatic heterocycles. The van der Waals surface area contributed by atoms with Crippen LogP contribution in [-0.2, 0) is 19.6 Å². The summed E-state index contributed by atoms with van der Waals surface area (Å²) in [6.45, 7) is 0.475. The van der Waals surface area contributed by atoms with E-state index in [2.05, 4.69) is 10.4 Å². The Morgan fingerprint density at radius 3 is 2.44 bits per heavy atom. The minimum Gasteiger partial charge on any atom is -0.322 e. The number of nitrogens with zero attached hydrogens (tertiary/aromatic N) is 3. The highest BCUT2D eigenvalue weighted by molar-refractivity contribution is 6.09. The van der Waals surface area contributed by atoms with E-state index >= 15 is 0 Å². The van der Waals surface area contributed by atoms with Crippen LogP contribution in [0.2, 0.25) is 0 Å². The molecule has 182 valence electrons. The smallest absolute Gasteiger partial charge is 0.322 e. The van der Waals surface area contributed by atoms with Gasteiger partial charge in [-0.15, -0.1) is 0 Å². The van der Waals surface area contributed by atoms with Crippen molar-refractivity contribution in [3.63, 3.8) is 0 Å². The molecule has 0 atom stereocenters. The number of amides is 2. The van der Waals surface area contributed by atoms with Crippen LogP contribution < -0.4 is 10.2 Å². The molecule has 6 nitrogen and oxygen atoms in total. The Kier molecular flexibility index (Phi) is 5.83. The van der Waals surface area contributed by atoms with Crippen molar-refractivity contribution in [2.45, 2.75) is 12.6 Å². The van der Waals surface area contributed by atoms with Crippen molar-refractivity contribution in [2.75, 3.05) is 16.8 Å². The Balaban J connectivity index is 1.35. The number of hydrogen-bond donors (Lipinski definition) is 1. The van der Waals surface area contributed by atoms with E-state index in [9.17, 15) is 22.8 Å². The van der Waals surface area contributed by atoms with E-state index in [4.69, 9.17) is 0 Å². The number of para-hydroxylation sites is 1. The van der Waals surface area contributed by atoms with Gasteiger partial charge in [0.05, 0.1) is 16.9 Å². The van der Waals surface area contributed by atoms with E-state index in [1.54, 1.807) is 33.8 Å². The summed E-state index contributed by atoms with van der Waals surface area (Å²) in [6, 6.07) is 18.1. The second kappa shape index (κ2) is 8.99. The standard InChI is InChI=1S/C27H21F3N4O2/c1-33-16-19-13-14-34(23-8-3-2-7-22(23)24(19)32-33)26(36)17-9-11-21(12-10-17)31-25(35)18-5-4-6-20(15-18)27(28,29)30/h2-12,15-16H,13-14H2,1H3,(H,31,35). The molecule has 1 N–H and O–H groups in total. The quantitative estimate of drug-likeness (QED) is 0.409. The molecule has 0 unspecified atom stereocenters. The van der Waals surface area contributed by atoms with Crippen LogP contribution in [0.25, 0.3) is 11.3 Å². The predicted octanol–water partition coefficient (Wildman–Crippen LogP) is 5.56. The molecular weight excluding hydrogens is 469 g/mol. The van der Waals surface area contributed by atoms with Crippen molar-refractivity contribution in [1.29, 1.82) is 0 Å². The molecule has 1 aromatic heterocycles. The summed E-state index contributed by atoms with van der Waals surface area (Å²) >= 11 is 0. The third-order valence-electron chi connectivity index (χ3n) is 6.05. The van der Waals surface area contributed by atoms with Gasteiger partial charge < -0.3 is 10.2 Å². The highest BCUT2D eigenvalue weighted by atomic mass is 19.4. The molecule has 36 heavy (non-hydrogen) atoms. The van der Waals surface area contributed by atoms with Crippen molar-refractivity contribution >= 4 is 23.2 Å². The average molecular weight is 490 g/mol. The Morgan fingerprint density at radius 2 is 1.69 bits per heavy atom. The molecule has 0 spiro atoms. The first kappa shape index (κ1) is 23.3. The van der Waals surface area contributed by atoms with Gasteiger partial charge in [-0.1, -0.05) is 24.3 Å². The van der Waals surface area contributed by atoms with Crippen LogP contribution in [0.5, 0.6) is 0 Å². The number of nitrogens with one attached hydrogen (secondary N) is 1. The normalized spacial score (nSPS) is 12.9. The van der Waals surface area contributed by atoms with Gasteiger partial charge in [0.2, 0.25) is 0 Å². The largest absolute Gasteiger partial charge is 0.416 e. The molecule has 5 rings (SSSR count). The Bertz CT molecular complexity index is 1460. The zero-order valence-electron chi connectivity index (χ0n) is 19.2. The number of hydrogen-bond acceptors (Lipinski definition) is 3. The monoisotopic (exact) mass is 490 g/mol. The second-order valence-electron chi connectivity index (χ2n) is 8.51. The lowest BCUT2D eigenvalue weighted by Crippen LogP contribution is -2.32. The first-order valence-corrected chi connectivity index (χ1v) is 11.2. The first-order chi connectivity index (χ1) is 17.2. The summed E-state index contributed by atoms with van der Waals surface area (Å²) in [5, 5.41) is 7.16. The number of rotatable bonds is 3. The molecule has 1 aliphatic rings. The highest BCUT2D eigenvalue weighted by Crippen LogP contribution is 2.36. The zero-order valence-corrected chi connectivity index (χ0v) is 19.2. The molecule has 2 amide bonds. The molecule has 0 radical (unpaired) electrons. The fourth-order valence-electron chi connectivity index (χ4n) is 4.31. The van der Waals surface area contributed by atoms with Crippen LogP contribution in [0.1, 0.15) is 31.8 Å². The van der Waals surface area contributed by atoms with E-state index in [-0.39, 0.29) is 11.5 Å². The predicted molar refractivity (Wildman–Crippen MR) is 130 cm³/mol. The van der Waals surface area contributed by atoms with Crippen molar-refractivity contribution in [3.8, 4) is 11.3 Å². The molecule has 3 aromatic carbocycles. The maximum Gasteiger partial charge on any atom is 0.416 e. The van der Waals surface area contributed by atoms with Gasteiger partial charge in [-0.05, 0) is 60.5 Å². The fourth-order valence-corrected chi connectivity index (χ4v) is 4.31.